The van der Waals surface area contributed by atoms with Crippen LogP contribution in [0, 0.1) is 13.0 Å². The number of thiazole rings is 1. The Morgan fingerprint density at radius 1 is 1.11 bits per heavy atom. The molecule has 8 nitrogen and oxygen atoms in total. The monoisotopic (exact) mass is 932 g/mol. The highest BCUT2D eigenvalue weighted by Gasteiger charge is 2.35. The maximum Gasteiger partial charge on any atom is 0.338 e. The summed E-state index contributed by atoms with van der Waals surface area (Å²) in [7, 11) is 1.53. The Morgan fingerprint density at radius 3 is 2.57 bits per heavy atom. The fourth-order valence-corrected chi connectivity index (χ4v) is 8.64. The van der Waals surface area contributed by atoms with E-state index in [1.165, 1.54) is 29.1 Å². The van der Waals surface area contributed by atoms with Crippen LogP contribution in [0.4, 0.5) is 4.39 Å². The quantitative estimate of drug-likeness (QED) is 0.127. The van der Waals surface area contributed by atoms with Crippen LogP contribution in [-0.2, 0) is 16.1 Å². The lowest BCUT2D eigenvalue weighted by atomic mass is 9.95. The second-order valence-corrected chi connectivity index (χ2v) is 14.2. The summed E-state index contributed by atoms with van der Waals surface area (Å²) >= 11 is 9.23. The van der Waals surface area contributed by atoms with Gasteiger partial charge < -0.3 is 18.9 Å². The van der Waals surface area contributed by atoms with Crippen molar-refractivity contribution < 1.29 is 28.1 Å². The van der Waals surface area contributed by atoms with Gasteiger partial charge in [-0.2, -0.15) is 0 Å². The van der Waals surface area contributed by atoms with Crippen molar-refractivity contribution in [2.75, 3.05) is 20.3 Å². The van der Waals surface area contributed by atoms with Crippen molar-refractivity contribution in [3.63, 3.8) is 0 Å². The molecule has 240 valence electrons. The van der Waals surface area contributed by atoms with Gasteiger partial charge in [0.2, 0.25) is 0 Å². The summed E-state index contributed by atoms with van der Waals surface area (Å²) in [6.07, 6.45) is 1.75. The number of hydrogen-bond donors (Lipinski definition) is 0. The van der Waals surface area contributed by atoms with Crippen molar-refractivity contribution in [3.05, 3.63) is 114 Å². The van der Waals surface area contributed by atoms with Crippen LogP contribution in [0.2, 0.25) is 0 Å². The third kappa shape index (κ3) is 7.06. The summed E-state index contributed by atoms with van der Waals surface area (Å²) in [6.45, 7) is 5.92. The molecule has 0 spiro atoms. The minimum atomic E-state index is -0.871. The zero-order valence-corrected chi connectivity index (χ0v) is 31.9. The number of methoxy groups -OCH3 is 1. The van der Waals surface area contributed by atoms with Gasteiger partial charge in [-0.15, -0.1) is 0 Å². The normalized spacial score (nSPS) is 14.5. The number of carbonyl (C=O) groups is 1. The first kappa shape index (κ1) is 34.6. The van der Waals surface area contributed by atoms with Gasteiger partial charge in [-0.05, 0) is 108 Å². The lowest BCUT2D eigenvalue weighted by Crippen LogP contribution is -2.40. The standard InChI is InChI=1S/C33H28BrFI2N2O6S/c1-5-43-26-15-22(34)21(14-25(26)42-4)29-28(32(41)44-6-2)17(3)38-33-39(29)31(40)27(46-33)12-19-11-20(36)13-24(37)30(19)45-16-18-9-7-8-10-23(18)35/h7-15,29H,5-6,16H2,1-4H3/b27-12+/t29-/m0/s1. The molecule has 0 bridgehead atoms. The Labute approximate surface area is 304 Å². The van der Waals surface area contributed by atoms with E-state index in [9.17, 15) is 14.0 Å². The second-order valence-electron chi connectivity index (χ2n) is 9.95. The number of allylic oxidation sites excluding steroid dienone is 1. The number of rotatable bonds is 10. The molecule has 13 heteroatoms. The highest BCUT2D eigenvalue weighted by Crippen LogP contribution is 2.41. The van der Waals surface area contributed by atoms with Crippen molar-refractivity contribution in [2.45, 2.75) is 33.4 Å². The van der Waals surface area contributed by atoms with Crippen LogP contribution in [0.15, 0.2) is 74.1 Å². The molecule has 5 rings (SSSR count). The minimum absolute atomic E-state index is 0.0149. The van der Waals surface area contributed by atoms with Crippen molar-refractivity contribution >= 4 is 84.5 Å². The van der Waals surface area contributed by atoms with Gasteiger partial charge in [-0.1, -0.05) is 45.5 Å². The molecule has 1 aromatic heterocycles. The van der Waals surface area contributed by atoms with Gasteiger partial charge in [0.05, 0.1) is 45.7 Å². The predicted molar refractivity (Wildman–Crippen MR) is 195 cm³/mol. The fourth-order valence-electron chi connectivity index (χ4n) is 5.02. The van der Waals surface area contributed by atoms with Crippen LogP contribution < -0.4 is 29.1 Å². The lowest BCUT2D eigenvalue weighted by Gasteiger charge is -2.26. The molecule has 46 heavy (non-hydrogen) atoms. The van der Waals surface area contributed by atoms with Gasteiger partial charge in [0, 0.05) is 19.2 Å². The van der Waals surface area contributed by atoms with Crippen molar-refractivity contribution in [2.24, 2.45) is 4.99 Å². The summed E-state index contributed by atoms with van der Waals surface area (Å²) in [5.41, 5.74) is 2.00. The fraction of sp³-hybridized carbons (Fsp3) is 0.242. The van der Waals surface area contributed by atoms with Gasteiger partial charge in [0.1, 0.15) is 18.2 Å². The largest absolute Gasteiger partial charge is 0.493 e. The Morgan fingerprint density at radius 2 is 1.87 bits per heavy atom. The Hall–Kier alpha value is -2.76. The van der Waals surface area contributed by atoms with E-state index in [1.54, 1.807) is 50.3 Å². The highest BCUT2D eigenvalue weighted by atomic mass is 127. The van der Waals surface area contributed by atoms with E-state index < -0.39 is 12.0 Å². The molecular formula is C33H28BrFI2N2O6S. The molecule has 0 fully saturated rings. The summed E-state index contributed by atoms with van der Waals surface area (Å²) in [4.78, 5) is 32.8. The third-order valence-electron chi connectivity index (χ3n) is 7.05. The smallest absolute Gasteiger partial charge is 0.338 e. The molecule has 0 radical (unpaired) electrons. The average Bonchev–Trinajstić information content (AvgIpc) is 3.31. The minimum Gasteiger partial charge on any atom is -0.493 e. The molecule has 1 aliphatic heterocycles. The third-order valence-corrected chi connectivity index (χ3v) is 10.1. The van der Waals surface area contributed by atoms with Crippen molar-refractivity contribution in [1.29, 1.82) is 0 Å². The molecule has 1 atom stereocenters. The van der Waals surface area contributed by atoms with Crippen LogP contribution in [0.1, 0.15) is 43.5 Å². The number of hydrogen-bond acceptors (Lipinski definition) is 8. The van der Waals surface area contributed by atoms with Gasteiger partial charge >= 0.3 is 5.97 Å². The second kappa shape index (κ2) is 15.0. The molecule has 4 aromatic rings. The number of fused-ring (bicyclic) bond motifs is 1. The molecule has 1 aliphatic rings. The summed E-state index contributed by atoms with van der Waals surface area (Å²) in [5, 5.41) is 0. The van der Waals surface area contributed by atoms with Crippen LogP contribution in [-0.4, -0.2) is 30.9 Å². The number of halogens is 4. The molecule has 0 saturated heterocycles. The highest BCUT2D eigenvalue weighted by molar-refractivity contribution is 14.1. The van der Waals surface area contributed by atoms with E-state index in [2.05, 4.69) is 66.1 Å². The number of benzene rings is 3. The van der Waals surface area contributed by atoms with E-state index in [1.807, 2.05) is 19.1 Å². The SMILES string of the molecule is CCOC(=O)C1=C(C)N=c2s/c(=C/c3cc(I)cc(I)c3OCc3ccccc3F)c(=O)n2[C@H]1c1cc(OC)c(OCC)cc1Br. The van der Waals surface area contributed by atoms with Gasteiger partial charge in [-0.25, -0.2) is 14.2 Å². The van der Waals surface area contributed by atoms with Crippen molar-refractivity contribution in [3.8, 4) is 17.2 Å². The van der Waals surface area contributed by atoms with Crippen LogP contribution >= 0.6 is 72.4 Å². The van der Waals surface area contributed by atoms with E-state index in [4.69, 9.17) is 18.9 Å². The summed E-state index contributed by atoms with van der Waals surface area (Å²) < 4.78 is 41.6. The summed E-state index contributed by atoms with van der Waals surface area (Å²) in [6, 6.07) is 12.9. The Kier molecular flexibility index (Phi) is 11.3. The van der Waals surface area contributed by atoms with Crippen molar-refractivity contribution in [1.82, 2.24) is 4.57 Å². The maximum atomic E-state index is 14.4. The average molecular weight is 933 g/mol. The molecule has 0 saturated carbocycles. The van der Waals surface area contributed by atoms with Gasteiger partial charge in [0.25, 0.3) is 5.56 Å². The zero-order chi connectivity index (χ0) is 33.1. The summed E-state index contributed by atoms with van der Waals surface area (Å²) in [5.74, 6) is 0.559. The predicted octanol–water partition coefficient (Wildman–Crippen LogP) is 6.90. The molecule has 2 heterocycles. The molecule has 0 aliphatic carbocycles. The molecule has 0 amide bonds. The van der Waals surface area contributed by atoms with Crippen LogP contribution in [0.5, 0.6) is 17.2 Å². The Bertz CT molecular complexity index is 2040. The number of esters is 1. The molecule has 0 unspecified atom stereocenters. The number of aromatic nitrogens is 1. The molecular weight excluding hydrogens is 905 g/mol. The van der Waals surface area contributed by atoms with E-state index in [-0.39, 0.29) is 30.2 Å². The number of carbonyl (C=O) groups excluding carboxylic acids is 1. The first-order valence-corrected chi connectivity index (χ1v) is 17.9. The topological polar surface area (TPSA) is 88.4 Å². The van der Waals surface area contributed by atoms with Gasteiger partial charge in [-0.3, -0.25) is 9.36 Å². The van der Waals surface area contributed by atoms with E-state index in [0.717, 1.165) is 7.14 Å². The van der Waals surface area contributed by atoms with E-state index in [0.29, 0.717) is 60.0 Å². The zero-order valence-electron chi connectivity index (χ0n) is 25.2. The Balaban J connectivity index is 1.70. The molecule has 0 N–H and O–H groups in total. The first-order chi connectivity index (χ1) is 22.1. The number of nitrogens with zero attached hydrogens (tertiary/aromatic N) is 2. The van der Waals surface area contributed by atoms with Crippen LogP contribution in [0.3, 0.4) is 0 Å². The first-order valence-electron chi connectivity index (χ1n) is 14.1. The lowest BCUT2D eigenvalue weighted by molar-refractivity contribution is -0.139. The van der Waals surface area contributed by atoms with Gasteiger partial charge in [0.15, 0.2) is 16.3 Å². The van der Waals surface area contributed by atoms with Crippen LogP contribution in [0.25, 0.3) is 6.08 Å². The van der Waals surface area contributed by atoms with E-state index >= 15 is 0 Å². The molecule has 3 aromatic carbocycles. The maximum absolute atomic E-state index is 14.4. The number of ether oxygens (including phenoxy) is 4.